The molecule has 2 aromatic rings. The van der Waals surface area contributed by atoms with Crippen LogP contribution in [0.5, 0.6) is 5.75 Å². The van der Waals surface area contributed by atoms with Crippen molar-refractivity contribution in [2.45, 2.75) is 0 Å². The number of amides is 1. The van der Waals surface area contributed by atoms with Crippen molar-refractivity contribution in [3.05, 3.63) is 50.3 Å². The summed E-state index contributed by atoms with van der Waals surface area (Å²) in [5.41, 5.74) is 1.15. The van der Waals surface area contributed by atoms with Crippen molar-refractivity contribution in [3.63, 3.8) is 0 Å². The first-order chi connectivity index (χ1) is 12.5. The highest BCUT2D eigenvalue weighted by molar-refractivity contribution is 14.1. The number of morpholine rings is 1. The summed E-state index contributed by atoms with van der Waals surface area (Å²) in [6, 6.07) is 7.86. The van der Waals surface area contributed by atoms with Gasteiger partial charge in [-0.2, -0.15) is 0 Å². The fraction of sp³-hybridized carbons (Fsp3) is 0.278. The third-order valence-electron chi connectivity index (χ3n) is 4.04. The van der Waals surface area contributed by atoms with E-state index in [9.17, 15) is 9.18 Å². The Hall–Kier alpha value is -1.58. The van der Waals surface area contributed by atoms with Gasteiger partial charge in [-0.15, -0.1) is 0 Å². The number of anilines is 2. The highest BCUT2D eigenvalue weighted by Gasteiger charge is 2.18. The van der Waals surface area contributed by atoms with E-state index >= 15 is 0 Å². The summed E-state index contributed by atoms with van der Waals surface area (Å²) in [6.45, 7) is 2.43. The van der Waals surface area contributed by atoms with Gasteiger partial charge in [-0.05, 0) is 52.9 Å². The van der Waals surface area contributed by atoms with Crippen LogP contribution in [0.3, 0.4) is 0 Å². The van der Waals surface area contributed by atoms with Gasteiger partial charge in [-0.25, -0.2) is 4.39 Å². The Kier molecular flexibility index (Phi) is 6.20. The summed E-state index contributed by atoms with van der Waals surface area (Å²) in [5, 5.41) is 3.14. The summed E-state index contributed by atoms with van der Waals surface area (Å²) < 4.78 is 25.8. The van der Waals surface area contributed by atoms with E-state index in [0.29, 0.717) is 48.5 Å². The van der Waals surface area contributed by atoms with Crippen molar-refractivity contribution in [2.75, 3.05) is 43.6 Å². The van der Waals surface area contributed by atoms with Crippen LogP contribution in [0.4, 0.5) is 15.8 Å². The van der Waals surface area contributed by atoms with Crippen LogP contribution < -0.4 is 15.0 Å². The SMILES string of the molecule is COc1cc(I)c(Cl)cc1C(=O)Nc1ccc(N2CCOCC2)c(F)c1. The first kappa shape index (κ1) is 19.2. The lowest BCUT2D eigenvalue weighted by atomic mass is 10.1. The number of rotatable bonds is 4. The molecule has 1 saturated heterocycles. The lowest BCUT2D eigenvalue weighted by Crippen LogP contribution is -2.36. The van der Waals surface area contributed by atoms with E-state index < -0.39 is 11.7 Å². The quantitative estimate of drug-likeness (QED) is 0.654. The minimum atomic E-state index is -0.418. The number of benzene rings is 2. The van der Waals surface area contributed by atoms with Crippen LogP contribution in [0.1, 0.15) is 10.4 Å². The second kappa shape index (κ2) is 8.41. The molecule has 1 N–H and O–H groups in total. The molecule has 0 bridgehead atoms. The number of halogens is 3. The molecule has 8 heteroatoms. The Morgan fingerprint density at radius 1 is 1.31 bits per heavy atom. The number of hydrogen-bond donors (Lipinski definition) is 1. The van der Waals surface area contributed by atoms with E-state index in [2.05, 4.69) is 27.9 Å². The Balaban J connectivity index is 1.80. The van der Waals surface area contributed by atoms with Gasteiger partial charge in [-0.1, -0.05) is 11.6 Å². The Bertz CT molecular complexity index is 828. The zero-order valence-corrected chi connectivity index (χ0v) is 16.9. The lowest BCUT2D eigenvalue weighted by molar-refractivity contribution is 0.102. The van der Waals surface area contributed by atoms with Crippen molar-refractivity contribution in [1.29, 1.82) is 0 Å². The van der Waals surface area contributed by atoms with Crippen LogP contribution in [0, 0.1) is 9.39 Å². The van der Waals surface area contributed by atoms with Crippen molar-refractivity contribution in [3.8, 4) is 5.75 Å². The molecule has 0 aromatic heterocycles. The topological polar surface area (TPSA) is 50.8 Å². The Labute approximate surface area is 169 Å². The molecule has 1 aliphatic rings. The van der Waals surface area contributed by atoms with Crippen molar-refractivity contribution in [2.24, 2.45) is 0 Å². The Morgan fingerprint density at radius 3 is 2.69 bits per heavy atom. The number of nitrogens with one attached hydrogen (secondary N) is 1. The molecule has 138 valence electrons. The van der Waals surface area contributed by atoms with E-state index in [1.807, 2.05) is 4.90 Å². The monoisotopic (exact) mass is 490 g/mol. The zero-order valence-electron chi connectivity index (χ0n) is 14.0. The zero-order chi connectivity index (χ0) is 18.7. The predicted octanol–water partition coefficient (Wildman–Crippen LogP) is 4.18. The van der Waals surface area contributed by atoms with E-state index in [0.717, 1.165) is 3.57 Å². The number of carbonyl (C=O) groups excluding carboxylic acids is 1. The molecule has 0 radical (unpaired) electrons. The minimum absolute atomic E-state index is 0.288. The van der Waals surface area contributed by atoms with Gasteiger partial charge < -0.3 is 19.7 Å². The van der Waals surface area contributed by atoms with Gasteiger partial charge in [0.15, 0.2) is 0 Å². The van der Waals surface area contributed by atoms with Gasteiger partial charge in [-0.3, -0.25) is 4.79 Å². The molecule has 0 unspecified atom stereocenters. The average molecular weight is 491 g/mol. The van der Waals surface area contributed by atoms with Crippen molar-refractivity contribution >= 4 is 51.5 Å². The van der Waals surface area contributed by atoms with Crippen molar-refractivity contribution < 1.29 is 18.7 Å². The van der Waals surface area contributed by atoms with E-state index in [1.165, 1.54) is 19.2 Å². The number of methoxy groups -OCH3 is 1. The second-order valence-corrected chi connectivity index (χ2v) is 7.26. The van der Waals surface area contributed by atoms with Crippen LogP contribution in [-0.2, 0) is 4.74 Å². The summed E-state index contributed by atoms with van der Waals surface area (Å²) in [4.78, 5) is 14.5. The highest BCUT2D eigenvalue weighted by atomic mass is 127. The van der Waals surface area contributed by atoms with E-state index in [-0.39, 0.29) is 5.56 Å². The van der Waals surface area contributed by atoms with Gasteiger partial charge in [0.05, 0.1) is 36.6 Å². The van der Waals surface area contributed by atoms with Crippen LogP contribution in [0.15, 0.2) is 30.3 Å². The molecule has 1 heterocycles. The molecule has 0 aliphatic carbocycles. The minimum Gasteiger partial charge on any atom is -0.496 e. The average Bonchev–Trinajstić information content (AvgIpc) is 2.64. The normalized spacial score (nSPS) is 14.2. The molecule has 26 heavy (non-hydrogen) atoms. The number of hydrogen-bond acceptors (Lipinski definition) is 4. The van der Waals surface area contributed by atoms with Gasteiger partial charge in [0.2, 0.25) is 0 Å². The number of nitrogens with zero attached hydrogens (tertiary/aromatic N) is 1. The number of ether oxygens (including phenoxy) is 2. The molecule has 5 nitrogen and oxygen atoms in total. The van der Waals surface area contributed by atoms with Gasteiger partial charge in [0.1, 0.15) is 11.6 Å². The van der Waals surface area contributed by atoms with Crippen molar-refractivity contribution in [1.82, 2.24) is 0 Å². The van der Waals surface area contributed by atoms with Gasteiger partial charge in [0.25, 0.3) is 5.91 Å². The fourth-order valence-electron chi connectivity index (χ4n) is 2.72. The largest absolute Gasteiger partial charge is 0.496 e. The first-order valence-electron chi connectivity index (χ1n) is 7.96. The molecule has 3 rings (SSSR count). The molecular formula is C18H17ClFIN2O3. The lowest BCUT2D eigenvalue weighted by Gasteiger charge is -2.29. The van der Waals surface area contributed by atoms with Crippen LogP contribution in [-0.4, -0.2) is 39.3 Å². The summed E-state index contributed by atoms with van der Waals surface area (Å²) in [5.74, 6) is -0.405. The van der Waals surface area contributed by atoms with E-state index in [1.54, 1.807) is 18.2 Å². The first-order valence-corrected chi connectivity index (χ1v) is 9.42. The maximum Gasteiger partial charge on any atom is 0.259 e. The highest BCUT2D eigenvalue weighted by Crippen LogP contribution is 2.29. The summed E-state index contributed by atoms with van der Waals surface area (Å²) in [6.07, 6.45) is 0. The summed E-state index contributed by atoms with van der Waals surface area (Å²) in [7, 11) is 1.48. The molecule has 0 spiro atoms. The van der Waals surface area contributed by atoms with Crippen LogP contribution >= 0.6 is 34.2 Å². The fourth-order valence-corrected chi connectivity index (χ4v) is 3.32. The van der Waals surface area contributed by atoms with Crippen LogP contribution in [0.2, 0.25) is 5.02 Å². The smallest absolute Gasteiger partial charge is 0.259 e. The maximum atomic E-state index is 14.5. The molecule has 1 aliphatic heterocycles. The molecule has 0 atom stereocenters. The standard InChI is InChI=1S/C18H17ClFIN2O3/c1-25-17-10-15(21)13(19)9-12(17)18(24)22-11-2-3-16(14(20)8-11)23-4-6-26-7-5-23/h2-3,8-10H,4-7H2,1H3,(H,22,24). The van der Waals surface area contributed by atoms with Crippen LogP contribution in [0.25, 0.3) is 0 Å². The predicted molar refractivity (Wildman–Crippen MR) is 108 cm³/mol. The Morgan fingerprint density at radius 2 is 2.04 bits per heavy atom. The third kappa shape index (κ3) is 4.21. The number of carbonyl (C=O) groups is 1. The summed E-state index contributed by atoms with van der Waals surface area (Å²) >= 11 is 8.16. The maximum absolute atomic E-state index is 14.5. The van der Waals surface area contributed by atoms with E-state index in [4.69, 9.17) is 21.1 Å². The molecule has 2 aromatic carbocycles. The molecular weight excluding hydrogens is 474 g/mol. The van der Waals surface area contributed by atoms with Gasteiger partial charge >= 0.3 is 0 Å². The second-order valence-electron chi connectivity index (χ2n) is 5.69. The molecule has 1 fully saturated rings. The van der Waals surface area contributed by atoms with Gasteiger partial charge in [0, 0.05) is 22.3 Å². The molecule has 1 amide bonds. The molecule has 0 saturated carbocycles. The third-order valence-corrected chi connectivity index (χ3v) is 5.57.